The summed E-state index contributed by atoms with van der Waals surface area (Å²) in [4.78, 5) is 24.0. The first kappa shape index (κ1) is 16.2. The lowest BCUT2D eigenvalue weighted by atomic mass is 10.1. The number of phenolic OH excluding ortho intramolecular Hbond substituents is 1. The average Bonchev–Trinajstić information content (AvgIpc) is 2.62. The van der Waals surface area contributed by atoms with Crippen LogP contribution in [-0.4, -0.2) is 34.5 Å². The Bertz CT molecular complexity index is 1030. The van der Waals surface area contributed by atoms with E-state index in [4.69, 9.17) is 4.74 Å². The molecule has 3 aromatic rings. The van der Waals surface area contributed by atoms with Crippen LogP contribution in [0.4, 0.5) is 0 Å². The van der Waals surface area contributed by atoms with Gasteiger partial charge in [-0.05, 0) is 29.8 Å². The summed E-state index contributed by atoms with van der Waals surface area (Å²) in [5, 5.41) is 20.4. The number of fused-ring (bicyclic) bond motifs is 1. The molecule has 0 bridgehead atoms. The summed E-state index contributed by atoms with van der Waals surface area (Å²) in [6, 6.07) is 11.4. The molecule has 0 spiro atoms. The number of hydrogen-bond donors (Lipinski definition) is 3. The van der Waals surface area contributed by atoms with Crippen molar-refractivity contribution in [2.24, 2.45) is 5.10 Å². The fourth-order valence-corrected chi connectivity index (χ4v) is 2.29. The first-order valence-electron chi connectivity index (χ1n) is 7.28. The Hall–Kier alpha value is -3.68. The molecule has 3 N–H and O–H groups in total. The predicted octanol–water partition coefficient (Wildman–Crippen LogP) is 1.40. The van der Waals surface area contributed by atoms with E-state index in [0.29, 0.717) is 22.1 Å². The van der Waals surface area contributed by atoms with Gasteiger partial charge in [0.25, 0.3) is 11.5 Å². The van der Waals surface area contributed by atoms with E-state index >= 15 is 0 Å². The summed E-state index contributed by atoms with van der Waals surface area (Å²) in [7, 11) is 1.45. The molecule has 8 heteroatoms. The van der Waals surface area contributed by atoms with Gasteiger partial charge in [0.2, 0.25) is 0 Å². The largest absolute Gasteiger partial charge is 0.504 e. The van der Waals surface area contributed by atoms with E-state index in [1.807, 2.05) is 0 Å². The van der Waals surface area contributed by atoms with Crippen molar-refractivity contribution in [1.82, 2.24) is 15.6 Å². The van der Waals surface area contributed by atoms with Crippen LogP contribution in [0.5, 0.6) is 11.5 Å². The molecule has 1 heterocycles. The summed E-state index contributed by atoms with van der Waals surface area (Å²) < 4.78 is 4.95. The lowest BCUT2D eigenvalue weighted by molar-refractivity contribution is 0.0951. The van der Waals surface area contributed by atoms with Crippen molar-refractivity contribution in [1.29, 1.82) is 0 Å². The van der Waals surface area contributed by atoms with E-state index in [0.717, 1.165) is 0 Å². The van der Waals surface area contributed by atoms with Crippen molar-refractivity contribution < 1.29 is 14.6 Å². The molecule has 0 saturated carbocycles. The van der Waals surface area contributed by atoms with Gasteiger partial charge in [0.05, 0.1) is 18.7 Å². The highest BCUT2D eigenvalue weighted by Crippen LogP contribution is 2.25. The Labute approximate surface area is 141 Å². The standard InChI is InChI=1S/C17H14N4O4/c1-25-14-7-6-10(8-13(14)22)9-18-20-17(24)15-11-4-2-3-5-12(11)16(23)21-19-15/h2-9,22H,1H3,(H,20,24)(H,21,23)/b18-9-. The molecule has 0 aliphatic rings. The molecule has 25 heavy (non-hydrogen) atoms. The third kappa shape index (κ3) is 3.32. The Morgan fingerprint density at radius 1 is 1.28 bits per heavy atom. The summed E-state index contributed by atoms with van der Waals surface area (Å²) in [6.45, 7) is 0. The average molecular weight is 338 g/mol. The quantitative estimate of drug-likeness (QED) is 0.491. The molecule has 0 fully saturated rings. The van der Waals surface area contributed by atoms with E-state index in [1.165, 1.54) is 19.4 Å². The van der Waals surface area contributed by atoms with Gasteiger partial charge in [0.15, 0.2) is 17.2 Å². The van der Waals surface area contributed by atoms with Gasteiger partial charge in [-0.3, -0.25) is 9.59 Å². The number of rotatable bonds is 4. The molecule has 8 nitrogen and oxygen atoms in total. The molecule has 0 aliphatic carbocycles. The van der Waals surface area contributed by atoms with Crippen molar-refractivity contribution in [3.8, 4) is 11.5 Å². The monoisotopic (exact) mass is 338 g/mol. The van der Waals surface area contributed by atoms with Gasteiger partial charge in [-0.25, -0.2) is 10.5 Å². The number of amides is 1. The minimum Gasteiger partial charge on any atom is -0.504 e. The van der Waals surface area contributed by atoms with Crippen LogP contribution in [-0.2, 0) is 0 Å². The molecule has 126 valence electrons. The van der Waals surface area contributed by atoms with Gasteiger partial charge in [-0.15, -0.1) is 0 Å². The van der Waals surface area contributed by atoms with E-state index in [2.05, 4.69) is 20.7 Å². The molecule has 0 aliphatic heterocycles. The summed E-state index contributed by atoms with van der Waals surface area (Å²) in [5.41, 5.74) is 2.60. The fraction of sp³-hybridized carbons (Fsp3) is 0.0588. The maximum Gasteiger partial charge on any atom is 0.292 e. The number of H-pyrrole nitrogens is 1. The highest BCUT2D eigenvalue weighted by molar-refractivity contribution is 6.04. The highest BCUT2D eigenvalue weighted by Gasteiger charge is 2.13. The van der Waals surface area contributed by atoms with Gasteiger partial charge in [-0.1, -0.05) is 18.2 Å². The number of nitrogens with one attached hydrogen (secondary N) is 2. The van der Waals surface area contributed by atoms with E-state index in [-0.39, 0.29) is 17.0 Å². The molecule has 0 atom stereocenters. The zero-order chi connectivity index (χ0) is 17.8. The number of nitrogens with zero attached hydrogens (tertiary/aromatic N) is 2. The van der Waals surface area contributed by atoms with Crippen LogP contribution >= 0.6 is 0 Å². The van der Waals surface area contributed by atoms with Gasteiger partial charge in [-0.2, -0.15) is 10.2 Å². The normalized spacial score (nSPS) is 10.9. The lowest BCUT2D eigenvalue weighted by Crippen LogP contribution is -2.22. The molecule has 0 unspecified atom stereocenters. The summed E-state index contributed by atoms with van der Waals surface area (Å²) in [5.74, 6) is -0.266. The van der Waals surface area contributed by atoms with E-state index in [9.17, 15) is 14.7 Å². The molecule has 2 aromatic carbocycles. The van der Waals surface area contributed by atoms with Crippen LogP contribution in [0.1, 0.15) is 16.1 Å². The van der Waals surface area contributed by atoms with Crippen molar-refractivity contribution in [3.05, 3.63) is 64.1 Å². The van der Waals surface area contributed by atoms with E-state index in [1.54, 1.807) is 36.4 Å². The second kappa shape index (κ2) is 6.83. The Morgan fingerprint density at radius 3 is 2.76 bits per heavy atom. The zero-order valence-corrected chi connectivity index (χ0v) is 13.2. The van der Waals surface area contributed by atoms with Gasteiger partial charge >= 0.3 is 0 Å². The van der Waals surface area contributed by atoms with Crippen molar-refractivity contribution in [2.45, 2.75) is 0 Å². The number of benzene rings is 2. The van der Waals surface area contributed by atoms with Crippen molar-refractivity contribution >= 4 is 22.9 Å². The molecular weight excluding hydrogens is 324 g/mol. The van der Waals surface area contributed by atoms with Crippen LogP contribution in [0.25, 0.3) is 10.8 Å². The number of hydrogen-bond acceptors (Lipinski definition) is 6. The maximum absolute atomic E-state index is 12.2. The first-order valence-corrected chi connectivity index (χ1v) is 7.28. The molecule has 0 radical (unpaired) electrons. The third-order valence-corrected chi connectivity index (χ3v) is 3.49. The lowest BCUT2D eigenvalue weighted by Gasteiger charge is -2.04. The van der Waals surface area contributed by atoms with Gasteiger partial charge in [0, 0.05) is 5.39 Å². The van der Waals surface area contributed by atoms with Crippen LogP contribution < -0.4 is 15.7 Å². The minimum absolute atomic E-state index is 0.0360. The summed E-state index contributed by atoms with van der Waals surface area (Å²) >= 11 is 0. The van der Waals surface area contributed by atoms with Gasteiger partial charge < -0.3 is 9.84 Å². The molecule has 0 saturated heterocycles. The number of aromatic amines is 1. The number of ether oxygens (including phenoxy) is 1. The second-order valence-corrected chi connectivity index (χ2v) is 5.08. The smallest absolute Gasteiger partial charge is 0.292 e. The highest BCUT2D eigenvalue weighted by atomic mass is 16.5. The number of methoxy groups -OCH3 is 1. The Balaban J connectivity index is 1.80. The number of aromatic hydroxyl groups is 1. The predicted molar refractivity (Wildman–Crippen MR) is 92.1 cm³/mol. The molecular formula is C17H14N4O4. The Morgan fingerprint density at radius 2 is 2.04 bits per heavy atom. The van der Waals surface area contributed by atoms with Crippen molar-refractivity contribution in [3.63, 3.8) is 0 Å². The second-order valence-electron chi connectivity index (χ2n) is 5.08. The number of aromatic nitrogens is 2. The zero-order valence-electron chi connectivity index (χ0n) is 13.2. The maximum atomic E-state index is 12.2. The van der Waals surface area contributed by atoms with Crippen LogP contribution in [0.3, 0.4) is 0 Å². The SMILES string of the molecule is COc1ccc(/C=N\NC(=O)c2n[nH]c(=O)c3ccccc23)cc1O. The molecule has 3 rings (SSSR count). The molecule has 1 amide bonds. The van der Waals surface area contributed by atoms with Crippen LogP contribution in [0, 0.1) is 0 Å². The van der Waals surface area contributed by atoms with Crippen LogP contribution in [0.15, 0.2) is 52.4 Å². The van der Waals surface area contributed by atoms with Gasteiger partial charge in [0.1, 0.15) is 0 Å². The number of carbonyl (C=O) groups excluding carboxylic acids is 1. The number of hydrazone groups is 1. The molecule has 1 aromatic heterocycles. The first-order chi connectivity index (χ1) is 12.1. The minimum atomic E-state index is -0.568. The third-order valence-electron chi connectivity index (χ3n) is 3.49. The summed E-state index contributed by atoms with van der Waals surface area (Å²) in [6.07, 6.45) is 1.37. The van der Waals surface area contributed by atoms with Crippen LogP contribution in [0.2, 0.25) is 0 Å². The van der Waals surface area contributed by atoms with Crippen molar-refractivity contribution in [2.75, 3.05) is 7.11 Å². The number of carbonyl (C=O) groups is 1. The van der Waals surface area contributed by atoms with E-state index < -0.39 is 5.91 Å². The topological polar surface area (TPSA) is 117 Å². The fourth-order valence-electron chi connectivity index (χ4n) is 2.29. The number of phenols is 1. The Kier molecular flexibility index (Phi) is 4.42.